The Hall–Kier alpha value is -2.68. The highest BCUT2D eigenvalue weighted by atomic mass is 16.1. The second-order valence-corrected chi connectivity index (χ2v) is 4.56. The van der Waals surface area contributed by atoms with Crippen molar-refractivity contribution < 1.29 is 4.79 Å². The summed E-state index contributed by atoms with van der Waals surface area (Å²) in [4.78, 5) is 19.7. The van der Waals surface area contributed by atoms with E-state index in [2.05, 4.69) is 9.97 Å². The number of nitrogens with zero attached hydrogens (tertiary/aromatic N) is 1. The lowest BCUT2D eigenvalue weighted by Crippen LogP contribution is -2.15. The number of hydrogen-bond acceptors (Lipinski definition) is 2. The van der Waals surface area contributed by atoms with Crippen molar-refractivity contribution >= 4 is 5.78 Å². The lowest BCUT2D eigenvalue weighted by Gasteiger charge is -2.15. The fourth-order valence-corrected chi connectivity index (χ4v) is 2.32. The average molecular weight is 262 g/mol. The maximum Gasteiger partial charge on any atom is 0.209 e. The summed E-state index contributed by atoms with van der Waals surface area (Å²) < 4.78 is 0. The minimum atomic E-state index is -0.330. The first-order chi connectivity index (χ1) is 9.86. The molecule has 0 radical (unpaired) electrons. The van der Waals surface area contributed by atoms with Crippen molar-refractivity contribution in [1.29, 1.82) is 0 Å². The van der Waals surface area contributed by atoms with Gasteiger partial charge in [-0.25, -0.2) is 4.98 Å². The first-order valence-electron chi connectivity index (χ1n) is 6.50. The van der Waals surface area contributed by atoms with Crippen LogP contribution in [-0.4, -0.2) is 15.8 Å². The molecular formula is C17H14N2O. The van der Waals surface area contributed by atoms with Gasteiger partial charge in [-0.1, -0.05) is 60.7 Å². The Bertz CT molecular complexity index is 636. The van der Waals surface area contributed by atoms with Crippen LogP contribution in [0.3, 0.4) is 0 Å². The quantitative estimate of drug-likeness (QED) is 0.732. The molecule has 3 nitrogen and oxygen atoms in total. The van der Waals surface area contributed by atoms with Gasteiger partial charge in [-0.2, -0.15) is 0 Å². The average Bonchev–Trinajstić information content (AvgIpc) is 3.04. The van der Waals surface area contributed by atoms with Crippen molar-refractivity contribution in [2.45, 2.75) is 5.92 Å². The van der Waals surface area contributed by atoms with Gasteiger partial charge in [0.15, 0.2) is 5.82 Å². The zero-order valence-corrected chi connectivity index (χ0v) is 10.9. The number of imidazole rings is 1. The summed E-state index contributed by atoms with van der Waals surface area (Å²) >= 11 is 0. The first kappa shape index (κ1) is 12.4. The fourth-order valence-electron chi connectivity index (χ4n) is 2.32. The summed E-state index contributed by atoms with van der Waals surface area (Å²) in [6.45, 7) is 0. The van der Waals surface area contributed by atoms with Gasteiger partial charge in [-0.15, -0.1) is 0 Å². The third-order valence-corrected chi connectivity index (χ3v) is 3.26. The summed E-state index contributed by atoms with van der Waals surface area (Å²) in [6.07, 6.45) is 3.26. The van der Waals surface area contributed by atoms with E-state index in [1.54, 1.807) is 12.4 Å². The molecule has 2 aromatic carbocycles. The van der Waals surface area contributed by atoms with Gasteiger partial charge in [0.2, 0.25) is 5.78 Å². The van der Waals surface area contributed by atoms with E-state index >= 15 is 0 Å². The van der Waals surface area contributed by atoms with E-state index in [4.69, 9.17) is 0 Å². The molecule has 20 heavy (non-hydrogen) atoms. The van der Waals surface area contributed by atoms with Gasteiger partial charge in [-0.05, 0) is 11.1 Å². The molecule has 1 aromatic heterocycles. The van der Waals surface area contributed by atoms with Crippen LogP contribution in [-0.2, 0) is 0 Å². The van der Waals surface area contributed by atoms with Gasteiger partial charge in [0, 0.05) is 12.4 Å². The molecule has 0 atom stereocenters. The smallest absolute Gasteiger partial charge is 0.209 e. The molecule has 0 spiro atoms. The highest BCUT2D eigenvalue weighted by molar-refractivity contribution is 6.00. The molecule has 0 unspecified atom stereocenters. The van der Waals surface area contributed by atoms with Gasteiger partial charge < -0.3 is 4.98 Å². The van der Waals surface area contributed by atoms with Gasteiger partial charge in [0.05, 0.1) is 5.92 Å². The van der Waals surface area contributed by atoms with Crippen LogP contribution in [0.15, 0.2) is 73.1 Å². The maximum atomic E-state index is 12.7. The molecule has 1 heterocycles. The molecule has 0 saturated carbocycles. The number of benzene rings is 2. The van der Waals surface area contributed by atoms with Crippen LogP contribution < -0.4 is 0 Å². The third kappa shape index (κ3) is 2.38. The van der Waals surface area contributed by atoms with Gasteiger partial charge in [-0.3, -0.25) is 4.79 Å². The van der Waals surface area contributed by atoms with Crippen LogP contribution in [0.2, 0.25) is 0 Å². The molecule has 0 bridgehead atoms. The number of nitrogens with one attached hydrogen (secondary N) is 1. The number of aromatic nitrogens is 2. The van der Waals surface area contributed by atoms with E-state index in [1.807, 2.05) is 60.7 Å². The molecule has 98 valence electrons. The Morgan fingerprint density at radius 1 is 0.900 bits per heavy atom. The lowest BCUT2D eigenvalue weighted by atomic mass is 9.87. The summed E-state index contributed by atoms with van der Waals surface area (Å²) in [5.74, 6) is 0.0404. The summed E-state index contributed by atoms with van der Waals surface area (Å²) in [6, 6.07) is 19.6. The van der Waals surface area contributed by atoms with Crippen LogP contribution in [0.5, 0.6) is 0 Å². The van der Waals surface area contributed by atoms with E-state index in [9.17, 15) is 4.79 Å². The number of hydrogen-bond donors (Lipinski definition) is 1. The van der Waals surface area contributed by atoms with Crippen molar-refractivity contribution in [1.82, 2.24) is 9.97 Å². The van der Waals surface area contributed by atoms with E-state index in [0.717, 1.165) is 11.1 Å². The van der Waals surface area contributed by atoms with E-state index in [1.165, 1.54) is 0 Å². The molecule has 0 aliphatic carbocycles. The standard InChI is InChI=1S/C17H14N2O/c20-16(17-18-11-12-19-17)15(13-7-3-1-4-8-13)14-9-5-2-6-10-14/h1-12,15H,(H,18,19). The summed E-state index contributed by atoms with van der Waals surface area (Å²) in [7, 11) is 0. The van der Waals surface area contributed by atoms with Crippen molar-refractivity contribution in [3.8, 4) is 0 Å². The number of H-pyrrole nitrogens is 1. The van der Waals surface area contributed by atoms with E-state index < -0.39 is 0 Å². The Morgan fingerprint density at radius 3 is 1.90 bits per heavy atom. The van der Waals surface area contributed by atoms with E-state index in [-0.39, 0.29) is 11.7 Å². The Labute approximate surface area is 117 Å². The second-order valence-electron chi connectivity index (χ2n) is 4.56. The number of rotatable bonds is 4. The molecule has 0 saturated heterocycles. The van der Waals surface area contributed by atoms with Crippen molar-refractivity contribution in [2.75, 3.05) is 0 Å². The summed E-state index contributed by atoms with van der Waals surface area (Å²) in [5.41, 5.74) is 1.94. The molecule has 3 rings (SSSR count). The monoisotopic (exact) mass is 262 g/mol. The number of Topliss-reactive ketones (excluding diaryl/α,β-unsaturated/α-hetero) is 1. The predicted octanol–water partition coefficient (Wildman–Crippen LogP) is 3.42. The van der Waals surface area contributed by atoms with Crippen LogP contribution in [0, 0.1) is 0 Å². The molecule has 0 fully saturated rings. The van der Waals surface area contributed by atoms with Gasteiger partial charge in [0.25, 0.3) is 0 Å². The molecular weight excluding hydrogens is 248 g/mol. The molecule has 0 aliphatic heterocycles. The van der Waals surface area contributed by atoms with Crippen molar-refractivity contribution in [3.63, 3.8) is 0 Å². The Morgan fingerprint density at radius 2 is 1.45 bits per heavy atom. The number of carbonyl (C=O) groups is 1. The van der Waals surface area contributed by atoms with Gasteiger partial charge >= 0.3 is 0 Å². The lowest BCUT2D eigenvalue weighted by molar-refractivity contribution is 0.0964. The maximum absolute atomic E-state index is 12.7. The largest absolute Gasteiger partial charge is 0.342 e. The highest BCUT2D eigenvalue weighted by Crippen LogP contribution is 2.27. The van der Waals surface area contributed by atoms with Crippen LogP contribution in [0.25, 0.3) is 0 Å². The highest BCUT2D eigenvalue weighted by Gasteiger charge is 2.25. The van der Waals surface area contributed by atoms with Crippen LogP contribution >= 0.6 is 0 Å². The normalized spacial score (nSPS) is 10.7. The molecule has 3 aromatic rings. The molecule has 0 aliphatic rings. The first-order valence-corrected chi connectivity index (χ1v) is 6.50. The van der Waals surface area contributed by atoms with Gasteiger partial charge in [0.1, 0.15) is 0 Å². The number of carbonyl (C=O) groups excluding carboxylic acids is 1. The zero-order chi connectivity index (χ0) is 13.8. The molecule has 3 heteroatoms. The molecule has 0 amide bonds. The van der Waals surface area contributed by atoms with Crippen LogP contribution in [0.4, 0.5) is 0 Å². The number of ketones is 1. The van der Waals surface area contributed by atoms with E-state index in [0.29, 0.717) is 5.82 Å². The van der Waals surface area contributed by atoms with Crippen molar-refractivity contribution in [2.24, 2.45) is 0 Å². The summed E-state index contributed by atoms with van der Waals surface area (Å²) in [5, 5.41) is 0. The third-order valence-electron chi connectivity index (χ3n) is 3.26. The Balaban J connectivity index is 2.07. The number of aromatic amines is 1. The second kappa shape index (κ2) is 5.53. The van der Waals surface area contributed by atoms with Crippen molar-refractivity contribution in [3.05, 3.63) is 90.0 Å². The predicted molar refractivity (Wildman–Crippen MR) is 77.6 cm³/mol. The SMILES string of the molecule is O=C(c1ncc[nH]1)C(c1ccccc1)c1ccccc1. The van der Waals surface area contributed by atoms with Crippen LogP contribution in [0.1, 0.15) is 27.7 Å². The minimum absolute atomic E-state index is 0.0209. The molecule has 1 N–H and O–H groups in total. The minimum Gasteiger partial charge on any atom is -0.342 e. The fraction of sp³-hybridized carbons (Fsp3) is 0.0588. The Kier molecular flexibility index (Phi) is 3.42. The zero-order valence-electron chi connectivity index (χ0n) is 10.9. The topological polar surface area (TPSA) is 45.8 Å².